The van der Waals surface area contributed by atoms with E-state index in [9.17, 15) is 10.1 Å². The summed E-state index contributed by atoms with van der Waals surface area (Å²) in [6.07, 6.45) is 1.44. The first-order valence-corrected chi connectivity index (χ1v) is 8.43. The van der Waals surface area contributed by atoms with Crippen LogP contribution in [0.5, 0.6) is 0 Å². The molecule has 0 aliphatic rings. The van der Waals surface area contributed by atoms with Gasteiger partial charge < -0.3 is 5.32 Å². The molecule has 8 nitrogen and oxygen atoms in total. The van der Waals surface area contributed by atoms with Gasteiger partial charge in [-0.05, 0) is 35.7 Å². The van der Waals surface area contributed by atoms with Crippen LogP contribution in [0.2, 0.25) is 0 Å². The van der Waals surface area contributed by atoms with Gasteiger partial charge in [-0.1, -0.05) is 6.07 Å². The molecule has 1 aromatic carbocycles. The fourth-order valence-corrected chi connectivity index (χ4v) is 3.14. The Hall–Kier alpha value is -3.77. The number of H-pyrrole nitrogens is 2. The van der Waals surface area contributed by atoms with Crippen molar-refractivity contribution < 1.29 is 0 Å². The molecule has 3 aromatic heterocycles. The van der Waals surface area contributed by atoms with Gasteiger partial charge in [0.15, 0.2) is 5.82 Å². The Morgan fingerprint density at radius 2 is 2.04 bits per heavy atom. The third-order valence-corrected chi connectivity index (χ3v) is 4.50. The van der Waals surface area contributed by atoms with Crippen molar-refractivity contribution in [2.24, 2.45) is 0 Å². The maximum Gasteiger partial charge on any atom is 0.270 e. The van der Waals surface area contributed by atoms with E-state index >= 15 is 0 Å². The lowest BCUT2D eigenvalue weighted by Crippen LogP contribution is -2.15. The van der Waals surface area contributed by atoms with Gasteiger partial charge in [-0.15, -0.1) is 11.3 Å². The van der Waals surface area contributed by atoms with Crippen LogP contribution in [0, 0.1) is 11.3 Å². The summed E-state index contributed by atoms with van der Waals surface area (Å²) in [5, 5.41) is 20.8. The van der Waals surface area contributed by atoms with Gasteiger partial charge >= 0.3 is 0 Å². The second-order valence-electron chi connectivity index (χ2n) is 5.26. The number of nitrogens with zero attached hydrogens (tertiary/aromatic N) is 4. The molecule has 0 atom stereocenters. The Balaban J connectivity index is 1.67. The van der Waals surface area contributed by atoms with Crippen LogP contribution < -0.4 is 10.9 Å². The number of hydrogen-bond acceptors (Lipinski definition) is 7. The van der Waals surface area contributed by atoms with Crippen molar-refractivity contribution in [2.75, 3.05) is 5.32 Å². The average molecular weight is 361 g/mol. The second-order valence-corrected chi connectivity index (χ2v) is 6.21. The third kappa shape index (κ3) is 2.97. The van der Waals surface area contributed by atoms with E-state index in [1.165, 1.54) is 17.7 Å². The van der Waals surface area contributed by atoms with E-state index in [-0.39, 0.29) is 11.5 Å². The van der Waals surface area contributed by atoms with E-state index < -0.39 is 5.56 Å². The van der Waals surface area contributed by atoms with E-state index in [0.717, 1.165) is 16.1 Å². The van der Waals surface area contributed by atoms with Crippen molar-refractivity contribution in [1.29, 1.82) is 5.26 Å². The molecule has 0 saturated carbocycles. The Morgan fingerprint density at radius 3 is 2.69 bits per heavy atom. The Labute approximate surface area is 151 Å². The monoisotopic (exact) mass is 361 g/mol. The zero-order valence-electron chi connectivity index (χ0n) is 13.2. The van der Waals surface area contributed by atoms with Gasteiger partial charge in [0, 0.05) is 11.3 Å². The van der Waals surface area contributed by atoms with Gasteiger partial charge in [-0.25, -0.2) is 9.97 Å². The third-order valence-electron chi connectivity index (χ3n) is 3.62. The van der Waals surface area contributed by atoms with Crippen molar-refractivity contribution in [2.45, 2.75) is 0 Å². The Morgan fingerprint density at radius 1 is 1.19 bits per heavy atom. The van der Waals surface area contributed by atoms with E-state index in [4.69, 9.17) is 0 Å². The van der Waals surface area contributed by atoms with Gasteiger partial charge in [-0.2, -0.15) is 10.4 Å². The number of anilines is 2. The van der Waals surface area contributed by atoms with E-state index in [1.54, 1.807) is 0 Å². The summed E-state index contributed by atoms with van der Waals surface area (Å²) in [6.45, 7) is 0. The molecule has 0 amide bonds. The highest BCUT2D eigenvalue weighted by atomic mass is 32.1. The molecular formula is C17H11N7OS. The van der Waals surface area contributed by atoms with Crippen molar-refractivity contribution in [3.63, 3.8) is 0 Å². The minimum Gasteiger partial charge on any atom is -0.326 e. The second kappa shape index (κ2) is 6.62. The number of benzene rings is 1. The van der Waals surface area contributed by atoms with E-state index in [0.29, 0.717) is 11.5 Å². The standard InChI is InChI=1S/C17H11N7OS/c18-8-12-14(13-2-1-7-26-13)22-17(23-16(12)25)21-11-5-3-10(4-6-11)15-19-9-20-24-15/h1-7,9H,(H,19,20,24)(H2,21,22,23,25). The maximum absolute atomic E-state index is 12.2. The summed E-state index contributed by atoms with van der Waals surface area (Å²) in [6, 6.07) is 13.0. The molecule has 9 heteroatoms. The molecule has 4 aromatic rings. The smallest absolute Gasteiger partial charge is 0.270 e. The number of aromatic amines is 2. The summed E-state index contributed by atoms with van der Waals surface area (Å²) in [4.78, 5) is 24.1. The highest BCUT2D eigenvalue weighted by molar-refractivity contribution is 7.13. The summed E-state index contributed by atoms with van der Waals surface area (Å²) in [5.41, 5.74) is 1.50. The molecule has 3 N–H and O–H groups in total. The predicted octanol–water partition coefficient (Wildman–Crippen LogP) is 2.90. The molecular weight excluding hydrogens is 350 g/mol. The molecule has 3 heterocycles. The van der Waals surface area contributed by atoms with Gasteiger partial charge in [0.1, 0.15) is 23.7 Å². The number of nitriles is 1. The number of thiophene rings is 1. The molecule has 26 heavy (non-hydrogen) atoms. The van der Waals surface area contributed by atoms with Crippen LogP contribution in [-0.4, -0.2) is 25.1 Å². The highest BCUT2D eigenvalue weighted by Gasteiger charge is 2.14. The van der Waals surface area contributed by atoms with Crippen LogP contribution in [0.1, 0.15) is 5.56 Å². The lowest BCUT2D eigenvalue weighted by Gasteiger charge is -2.08. The van der Waals surface area contributed by atoms with Crippen molar-refractivity contribution in [1.82, 2.24) is 25.1 Å². The van der Waals surface area contributed by atoms with Gasteiger partial charge in [0.25, 0.3) is 5.56 Å². The van der Waals surface area contributed by atoms with Crippen LogP contribution in [0.25, 0.3) is 22.0 Å². The number of hydrogen-bond donors (Lipinski definition) is 3. The first-order chi connectivity index (χ1) is 12.7. The maximum atomic E-state index is 12.2. The van der Waals surface area contributed by atoms with Gasteiger partial charge in [0.2, 0.25) is 5.95 Å². The Bertz CT molecular complexity index is 1120. The molecule has 0 bridgehead atoms. The number of rotatable bonds is 4. The SMILES string of the molecule is N#Cc1c(-c2cccs2)nc(Nc2ccc(-c3ncn[nH]3)cc2)[nH]c1=O. The molecule has 4 rings (SSSR count). The van der Waals surface area contributed by atoms with Crippen LogP contribution >= 0.6 is 11.3 Å². The molecule has 126 valence electrons. The molecule has 0 aliphatic carbocycles. The van der Waals surface area contributed by atoms with Gasteiger partial charge in [-0.3, -0.25) is 14.9 Å². The normalized spacial score (nSPS) is 10.4. The van der Waals surface area contributed by atoms with Gasteiger partial charge in [0.05, 0.1) is 4.88 Å². The van der Waals surface area contributed by atoms with Crippen LogP contribution in [0.15, 0.2) is 52.9 Å². The highest BCUT2D eigenvalue weighted by Crippen LogP contribution is 2.26. The number of nitrogens with one attached hydrogen (secondary N) is 3. The lowest BCUT2D eigenvalue weighted by atomic mass is 10.2. The fraction of sp³-hybridized carbons (Fsp3) is 0. The molecule has 0 saturated heterocycles. The zero-order valence-corrected chi connectivity index (χ0v) is 14.0. The largest absolute Gasteiger partial charge is 0.326 e. The molecule has 0 unspecified atom stereocenters. The molecule has 0 fully saturated rings. The molecule has 0 aliphatic heterocycles. The summed E-state index contributed by atoms with van der Waals surface area (Å²) in [7, 11) is 0. The van der Waals surface area contributed by atoms with Crippen LogP contribution in [0.3, 0.4) is 0 Å². The topological polar surface area (TPSA) is 123 Å². The van der Waals surface area contributed by atoms with Crippen molar-refractivity contribution in [3.8, 4) is 28.0 Å². The van der Waals surface area contributed by atoms with Crippen molar-refractivity contribution in [3.05, 3.63) is 64.0 Å². The summed E-state index contributed by atoms with van der Waals surface area (Å²) < 4.78 is 0. The zero-order chi connectivity index (χ0) is 17.9. The van der Waals surface area contributed by atoms with Crippen LogP contribution in [-0.2, 0) is 0 Å². The van der Waals surface area contributed by atoms with E-state index in [1.807, 2.05) is 47.8 Å². The lowest BCUT2D eigenvalue weighted by molar-refractivity contribution is 1.09. The minimum absolute atomic E-state index is 0.00123. The first-order valence-electron chi connectivity index (χ1n) is 7.56. The van der Waals surface area contributed by atoms with E-state index in [2.05, 4.69) is 30.5 Å². The fourth-order valence-electron chi connectivity index (χ4n) is 2.42. The minimum atomic E-state index is -0.480. The average Bonchev–Trinajstić information content (AvgIpc) is 3.36. The quantitative estimate of drug-likeness (QED) is 0.513. The van der Waals surface area contributed by atoms with Crippen LogP contribution in [0.4, 0.5) is 11.6 Å². The number of aromatic nitrogens is 5. The summed E-state index contributed by atoms with van der Waals surface area (Å²) >= 11 is 1.42. The molecule has 0 spiro atoms. The predicted molar refractivity (Wildman–Crippen MR) is 98.0 cm³/mol. The summed E-state index contributed by atoms with van der Waals surface area (Å²) in [5.74, 6) is 0.936. The Kier molecular flexibility index (Phi) is 4.01. The molecule has 0 radical (unpaired) electrons. The first kappa shape index (κ1) is 15.7. The van der Waals surface area contributed by atoms with Crippen molar-refractivity contribution >= 4 is 23.0 Å².